The maximum Gasteiger partial charge on any atom is 0.253 e. The van der Waals surface area contributed by atoms with Crippen LogP contribution in [0.1, 0.15) is 42.6 Å². The zero-order chi connectivity index (χ0) is 17.5. The van der Waals surface area contributed by atoms with E-state index in [1.165, 1.54) is 5.56 Å². The molecule has 0 bridgehead atoms. The third-order valence-corrected chi connectivity index (χ3v) is 5.03. The lowest BCUT2D eigenvalue weighted by Crippen LogP contribution is -2.40. The number of benzene rings is 1. The average molecular weight is 332 g/mol. The molecule has 0 aromatic heterocycles. The van der Waals surface area contributed by atoms with Crippen molar-refractivity contribution < 1.29 is 4.79 Å². The molecule has 1 amide bonds. The molecule has 1 aliphatic heterocycles. The normalized spacial score (nSPS) is 16.2. The quantitative estimate of drug-likeness (QED) is 0.768. The van der Waals surface area contributed by atoms with Crippen molar-refractivity contribution in [1.82, 2.24) is 14.7 Å². The molecule has 0 spiro atoms. The Morgan fingerprint density at radius 1 is 1.08 bits per heavy atom. The van der Waals surface area contributed by atoms with Gasteiger partial charge in [0.05, 0.1) is 0 Å². The molecule has 4 nitrogen and oxygen atoms in total. The van der Waals surface area contributed by atoms with Gasteiger partial charge in [0.15, 0.2) is 0 Å². The zero-order valence-electron chi connectivity index (χ0n) is 15.8. The molecule has 0 N–H and O–H groups in total. The number of carbonyl (C=O) groups excluding carboxylic acids is 1. The first-order valence-electron chi connectivity index (χ1n) is 9.28. The number of carbonyl (C=O) groups is 1. The molecule has 0 atom stereocenters. The highest BCUT2D eigenvalue weighted by atomic mass is 16.2. The fourth-order valence-electron chi connectivity index (χ4n) is 3.48. The van der Waals surface area contributed by atoms with Gasteiger partial charge in [-0.05, 0) is 63.6 Å². The van der Waals surface area contributed by atoms with Crippen LogP contribution in [0, 0.1) is 5.92 Å². The largest absolute Gasteiger partial charge is 0.339 e. The SMILES string of the molecule is CCN(CC)Cc1ccc(C(=O)N2CCC(CN(C)C)CC2)cc1. The summed E-state index contributed by atoms with van der Waals surface area (Å²) in [6, 6.07) is 8.19. The van der Waals surface area contributed by atoms with Crippen LogP contribution in [0.5, 0.6) is 0 Å². The number of hydrogen-bond donors (Lipinski definition) is 0. The van der Waals surface area contributed by atoms with Gasteiger partial charge in [-0.25, -0.2) is 0 Å². The van der Waals surface area contributed by atoms with Gasteiger partial charge in [0.25, 0.3) is 5.91 Å². The molecule has 134 valence electrons. The van der Waals surface area contributed by atoms with E-state index in [1.54, 1.807) is 0 Å². The first-order valence-corrected chi connectivity index (χ1v) is 9.28. The first kappa shape index (κ1) is 18.9. The van der Waals surface area contributed by atoms with Crippen LogP contribution in [0.3, 0.4) is 0 Å². The third-order valence-electron chi connectivity index (χ3n) is 5.03. The number of likely N-dealkylation sites (tertiary alicyclic amines) is 1. The zero-order valence-corrected chi connectivity index (χ0v) is 15.8. The van der Waals surface area contributed by atoms with Gasteiger partial charge < -0.3 is 9.80 Å². The molecular weight excluding hydrogens is 298 g/mol. The van der Waals surface area contributed by atoms with Crippen LogP contribution >= 0.6 is 0 Å². The van der Waals surface area contributed by atoms with E-state index in [0.717, 1.165) is 63.6 Å². The molecular formula is C20H33N3O. The summed E-state index contributed by atoms with van der Waals surface area (Å²) in [6.45, 7) is 10.3. The van der Waals surface area contributed by atoms with Crippen LogP contribution in [0.15, 0.2) is 24.3 Å². The van der Waals surface area contributed by atoms with E-state index >= 15 is 0 Å². The molecule has 0 unspecified atom stereocenters. The van der Waals surface area contributed by atoms with Crippen molar-refractivity contribution in [2.24, 2.45) is 5.92 Å². The van der Waals surface area contributed by atoms with Crippen LogP contribution in [0.4, 0.5) is 0 Å². The van der Waals surface area contributed by atoms with Crippen LogP contribution in [-0.2, 0) is 6.54 Å². The van der Waals surface area contributed by atoms with Gasteiger partial charge >= 0.3 is 0 Å². The minimum absolute atomic E-state index is 0.188. The van der Waals surface area contributed by atoms with Crippen LogP contribution in [0.25, 0.3) is 0 Å². The molecule has 1 fully saturated rings. The van der Waals surface area contributed by atoms with E-state index in [4.69, 9.17) is 0 Å². The van der Waals surface area contributed by atoms with E-state index in [0.29, 0.717) is 0 Å². The average Bonchev–Trinajstić information content (AvgIpc) is 2.60. The number of hydrogen-bond acceptors (Lipinski definition) is 3. The number of nitrogens with zero attached hydrogens (tertiary/aromatic N) is 3. The van der Waals surface area contributed by atoms with Crippen molar-refractivity contribution in [3.8, 4) is 0 Å². The molecule has 4 heteroatoms. The summed E-state index contributed by atoms with van der Waals surface area (Å²) < 4.78 is 0. The molecule has 1 aromatic rings. The monoisotopic (exact) mass is 331 g/mol. The van der Waals surface area contributed by atoms with Crippen molar-refractivity contribution in [3.05, 3.63) is 35.4 Å². The highest BCUT2D eigenvalue weighted by Gasteiger charge is 2.23. The Kier molecular flexibility index (Phi) is 7.25. The second-order valence-electron chi connectivity index (χ2n) is 7.16. The predicted octanol–water partition coefficient (Wildman–Crippen LogP) is 2.94. The fourth-order valence-corrected chi connectivity index (χ4v) is 3.48. The second-order valence-corrected chi connectivity index (χ2v) is 7.16. The number of amides is 1. The summed E-state index contributed by atoms with van der Waals surface area (Å²) in [6.07, 6.45) is 2.23. The van der Waals surface area contributed by atoms with E-state index < -0.39 is 0 Å². The summed E-state index contributed by atoms with van der Waals surface area (Å²) in [5.41, 5.74) is 2.10. The standard InChI is InChI=1S/C20H33N3O/c1-5-22(6-2)16-17-7-9-19(10-8-17)20(24)23-13-11-18(12-14-23)15-21(3)4/h7-10,18H,5-6,11-16H2,1-4H3. The van der Waals surface area contributed by atoms with Crippen molar-refractivity contribution in [1.29, 1.82) is 0 Å². The minimum atomic E-state index is 0.188. The van der Waals surface area contributed by atoms with Gasteiger partial charge in [-0.3, -0.25) is 9.69 Å². The first-order chi connectivity index (χ1) is 11.5. The maximum atomic E-state index is 12.7. The van der Waals surface area contributed by atoms with Gasteiger partial charge in [-0.15, -0.1) is 0 Å². The maximum absolute atomic E-state index is 12.7. The highest BCUT2D eigenvalue weighted by Crippen LogP contribution is 2.20. The lowest BCUT2D eigenvalue weighted by molar-refractivity contribution is 0.0678. The molecule has 0 radical (unpaired) electrons. The molecule has 1 aliphatic rings. The smallest absolute Gasteiger partial charge is 0.253 e. The van der Waals surface area contributed by atoms with Gasteiger partial charge in [-0.1, -0.05) is 26.0 Å². The molecule has 1 saturated heterocycles. The molecule has 0 saturated carbocycles. The Morgan fingerprint density at radius 2 is 1.67 bits per heavy atom. The summed E-state index contributed by atoms with van der Waals surface area (Å²) in [5.74, 6) is 0.910. The lowest BCUT2D eigenvalue weighted by Gasteiger charge is -2.33. The van der Waals surface area contributed by atoms with Crippen molar-refractivity contribution >= 4 is 5.91 Å². The molecule has 1 aromatic carbocycles. The molecule has 1 heterocycles. The topological polar surface area (TPSA) is 26.8 Å². The summed E-state index contributed by atoms with van der Waals surface area (Å²) in [7, 11) is 4.24. The second kappa shape index (κ2) is 9.19. The van der Waals surface area contributed by atoms with Crippen molar-refractivity contribution in [3.63, 3.8) is 0 Å². The molecule has 2 rings (SSSR count). The van der Waals surface area contributed by atoms with Gasteiger partial charge in [-0.2, -0.15) is 0 Å². The van der Waals surface area contributed by atoms with Crippen LogP contribution in [0.2, 0.25) is 0 Å². The van der Waals surface area contributed by atoms with Crippen LogP contribution in [-0.4, -0.2) is 67.4 Å². The highest BCUT2D eigenvalue weighted by molar-refractivity contribution is 5.94. The molecule has 24 heavy (non-hydrogen) atoms. The summed E-state index contributed by atoms with van der Waals surface area (Å²) in [5, 5.41) is 0. The minimum Gasteiger partial charge on any atom is -0.339 e. The van der Waals surface area contributed by atoms with E-state index in [2.05, 4.69) is 49.9 Å². The van der Waals surface area contributed by atoms with Crippen molar-refractivity contribution in [2.45, 2.75) is 33.2 Å². The Hall–Kier alpha value is -1.39. The van der Waals surface area contributed by atoms with Crippen molar-refractivity contribution in [2.75, 3.05) is 46.8 Å². The Morgan fingerprint density at radius 3 is 2.17 bits per heavy atom. The predicted molar refractivity (Wildman–Crippen MR) is 100 cm³/mol. The number of rotatable bonds is 7. The Labute approximate surface area is 147 Å². The fraction of sp³-hybridized carbons (Fsp3) is 0.650. The Bertz CT molecular complexity index is 500. The van der Waals surface area contributed by atoms with Gasteiger partial charge in [0.1, 0.15) is 0 Å². The molecule has 0 aliphatic carbocycles. The van der Waals surface area contributed by atoms with Gasteiger partial charge in [0, 0.05) is 31.7 Å². The van der Waals surface area contributed by atoms with E-state index in [1.807, 2.05) is 17.0 Å². The van der Waals surface area contributed by atoms with E-state index in [9.17, 15) is 4.79 Å². The van der Waals surface area contributed by atoms with E-state index in [-0.39, 0.29) is 5.91 Å². The number of piperidine rings is 1. The van der Waals surface area contributed by atoms with Gasteiger partial charge in [0.2, 0.25) is 0 Å². The summed E-state index contributed by atoms with van der Waals surface area (Å²) in [4.78, 5) is 19.3. The van der Waals surface area contributed by atoms with Crippen LogP contribution < -0.4 is 0 Å². The Balaban J connectivity index is 1.89. The lowest BCUT2D eigenvalue weighted by atomic mass is 9.96. The summed E-state index contributed by atoms with van der Waals surface area (Å²) >= 11 is 0. The third kappa shape index (κ3) is 5.32.